The first-order chi connectivity index (χ1) is 9.11. The fraction of sp³-hybridized carbons (Fsp3) is 0.923. The highest BCUT2D eigenvalue weighted by atomic mass is 127. The SMILES string of the molecule is CC(CI)CCOCCOCCCN(C)C(=O)CI. The zero-order valence-electron chi connectivity index (χ0n) is 11.9. The first-order valence-corrected chi connectivity index (χ1v) is 9.68. The number of ether oxygens (including phenoxy) is 2. The predicted octanol–water partition coefficient (Wildman–Crippen LogP) is 2.76. The van der Waals surface area contributed by atoms with Gasteiger partial charge in [0.15, 0.2) is 0 Å². The number of hydrogen-bond acceptors (Lipinski definition) is 3. The topological polar surface area (TPSA) is 38.8 Å². The van der Waals surface area contributed by atoms with Crippen LogP contribution in [0.5, 0.6) is 0 Å². The molecule has 0 aliphatic carbocycles. The summed E-state index contributed by atoms with van der Waals surface area (Å²) >= 11 is 4.48. The van der Waals surface area contributed by atoms with Crippen LogP contribution in [0.2, 0.25) is 0 Å². The molecule has 0 heterocycles. The third-order valence-electron chi connectivity index (χ3n) is 2.71. The minimum Gasteiger partial charge on any atom is -0.379 e. The number of halogens is 2. The number of carbonyl (C=O) groups excluding carboxylic acids is 1. The van der Waals surface area contributed by atoms with Crippen molar-refractivity contribution in [1.82, 2.24) is 4.90 Å². The average Bonchev–Trinajstić information content (AvgIpc) is 2.43. The first-order valence-electron chi connectivity index (χ1n) is 6.63. The Labute approximate surface area is 144 Å². The van der Waals surface area contributed by atoms with Crippen molar-refractivity contribution in [2.45, 2.75) is 19.8 Å². The van der Waals surface area contributed by atoms with E-state index in [9.17, 15) is 4.79 Å². The third-order valence-corrected chi connectivity index (χ3v) is 4.87. The van der Waals surface area contributed by atoms with E-state index in [-0.39, 0.29) is 5.91 Å². The second kappa shape index (κ2) is 13.8. The van der Waals surface area contributed by atoms with Crippen molar-refractivity contribution in [3.63, 3.8) is 0 Å². The summed E-state index contributed by atoms with van der Waals surface area (Å²) in [6.07, 6.45) is 2.00. The van der Waals surface area contributed by atoms with E-state index >= 15 is 0 Å². The van der Waals surface area contributed by atoms with Gasteiger partial charge in [-0.2, -0.15) is 0 Å². The molecule has 1 atom stereocenters. The number of amides is 1. The largest absolute Gasteiger partial charge is 0.379 e. The Morgan fingerprint density at radius 3 is 2.37 bits per heavy atom. The number of rotatable bonds is 12. The second-order valence-corrected chi connectivity index (χ2v) is 6.22. The number of carbonyl (C=O) groups is 1. The molecule has 0 saturated heterocycles. The second-order valence-electron chi connectivity index (χ2n) is 4.58. The van der Waals surface area contributed by atoms with Gasteiger partial charge in [-0.25, -0.2) is 0 Å². The Hall–Kier alpha value is 0.850. The molecular weight excluding hydrogens is 472 g/mol. The van der Waals surface area contributed by atoms with Crippen LogP contribution in [0.1, 0.15) is 19.8 Å². The lowest BCUT2D eigenvalue weighted by molar-refractivity contribution is -0.127. The smallest absolute Gasteiger partial charge is 0.232 e. The van der Waals surface area contributed by atoms with Crippen molar-refractivity contribution in [3.05, 3.63) is 0 Å². The van der Waals surface area contributed by atoms with Gasteiger partial charge in [-0.1, -0.05) is 52.1 Å². The molecule has 6 heteroatoms. The van der Waals surface area contributed by atoms with Crippen molar-refractivity contribution in [2.75, 3.05) is 48.9 Å². The highest BCUT2D eigenvalue weighted by Crippen LogP contribution is 2.05. The van der Waals surface area contributed by atoms with Gasteiger partial charge in [-0.05, 0) is 18.8 Å². The molecular formula is C13H25I2NO3. The van der Waals surface area contributed by atoms with E-state index in [0.29, 0.717) is 24.2 Å². The molecule has 1 amide bonds. The van der Waals surface area contributed by atoms with Crippen molar-refractivity contribution in [3.8, 4) is 0 Å². The van der Waals surface area contributed by atoms with Crippen LogP contribution >= 0.6 is 45.2 Å². The fourth-order valence-corrected chi connectivity index (χ4v) is 2.34. The number of alkyl halides is 2. The molecule has 0 saturated carbocycles. The van der Waals surface area contributed by atoms with Crippen molar-refractivity contribution >= 4 is 51.1 Å². The maximum Gasteiger partial charge on any atom is 0.232 e. The van der Waals surface area contributed by atoms with E-state index < -0.39 is 0 Å². The fourth-order valence-electron chi connectivity index (χ4n) is 1.31. The van der Waals surface area contributed by atoms with Crippen LogP contribution < -0.4 is 0 Å². The van der Waals surface area contributed by atoms with E-state index in [4.69, 9.17) is 9.47 Å². The van der Waals surface area contributed by atoms with Crippen molar-refractivity contribution in [1.29, 1.82) is 0 Å². The summed E-state index contributed by atoms with van der Waals surface area (Å²) in [6, 6.07) is 0. The molecule has 0 N–H and O–H groups in total. The highest BCUT2D eigenvalue weighted by molar-refractivity contribution is 14.1. The quantitative estimate of drug-likeness (QED) is 0.237. The predicted molar refractivity (Wildman–Crippen MR) is 95.4 cm³/mol. The van der Waals surface area contributed by atoms with E-state index in [1.165, 1.54) is 4.43 Å². The first kappa shape index (κ1) is 19.9. The number of nitrogens with zero attached hydrogens (tertiary/aromatic N) is 1. The summed E-state index contributed by atoms with van der Waals surface area (Å²) in [6.45, 7) is 5.81. The van der Waals surface area contributed by atoms with Crippen LogP contribution in [0.4, 0.5) is 0 Å². The molecule has 0 rings (SSSR count). The Morgan fingerprint density at radius 2 is 1.79 bits per heavy atom. The average molecular weight is 497 g/mol. The molecule has 0 aromatic carbocycles. The summed E-state index contributed by atoms with van der Waals surface area (Å²) in [5.74, 6) is 0.904. The molecule has 0 fully saturated rings. The minimum atomic E-state index is 0.174. The lowest BCUT2D eigenvalue weighted by atomic mass is 10.1. The lowest BCUT2D eigenvalue weighted by Gasteiger charge is -2.15. The monoisotopic (exact) mass is 497 g/mol. The molecule has 114 valence electrons. The van der Waals surface area contributed by atoms with Crippen LogP contribution in [0.25, 0.3) is 0 Å². The molecule has 0 bridgehead atoms. The van der Waals surface area contributed by atoms with E-state index in [1.807, 2.05) is 7.05 Å². The molecule has 4 nitrogen and oxygen atoms in total. The summed E-state index contributed by atoms with van der Waals surface area (Å²) in [7, 11) is 1.83. The summed E-state index contributed by atoms with van der Waals surface area (Å²) in [4.78, 5) is 13.0. The van der Waals surface area contributed by atoms with Crippen LogP contribution in [-0.2, 0) is 14.3 Å². The van der Waals surface area contributed by atoms with Gasteiger partial charge in [0.05, 0.1) is 17.6 Å². The maximum atomic E-state index is 11.3. The maximum absolute atomic E-state index is 11.3. The highest BCUT2D eigenvalue weighted by Gasteiger charge is 2.05. The number of hydrogen-bond donors (Lipinski definition) is 0. The standard InChI is InChI=1S/C13H25I2NO3/c1-12(10-14)4-7-19-9-8-18-6-3-5-16(2)13(17)11-15/h12H,3-11H2,1-2H3. The van der Waals surface area contributed by atoms with E-state index in [1.54, 1.807) is 4.90 Å². The normalized spacial score (nSPS) is 12.4. The van der Waals surface area contributed by atoms with Gasteiger partial charge in [-0.15, -0.1) is 0 Å². The van der Waals surface area contributed by atoms with Gasteiger partial charge in [-0.3, -0.25) is 4.79 Å². The van der Waals surface area contributed by atoms with Gasteiger partial charge in [0.25, 0.3) is 0 Å². The van der Waals surface area contributed by atoms with Crippen molar-refractivity contribution < 1.29 is 14.3 Å². The summed E-state index contributed by atoms with van der Waals surface area (Å²) < 4.78 is 12.7. The molecule has 0 aromatic rings. The summed E-state index contributed by atoms with van der Waals surface area (Å²) in [5.41, 5.74) is 0. The lowest BCUT2D eigenvalue weighted by Crippen LogP contribution is -2.29. The molecule has 0 radical (unpaired) electrons. The van der Waals surface area contributed by atoms with Crippen LogP contribution in [0.3, 0.4) is 0 Å². The van der Waals surface area contributed by atoms with Crippen molar-refractivity contribution in [2.24, 2.45) is 5.92 Å². The van der Waals surface area contributed by atoms with Crippen LogP contribution in [0.15, 0.2) is 0 Å². The Kier molecular flexibility index (Phi) is 14.4. The van der Waals surface area contributed by atoms with Gasteiger partial charge >= 0.3 is 0 Å². The van der Waals surface area contributed by atoms with Gasteiger partial charge < -0.3 is 14.4 Å². The molecule has 0 aromatic heterocycles. The molecule has 0 spiro atoms. The Morgan fingerprint density at radius 1 is 1.16 bits per heavy atom. The van der Waals surface area contributed by atoms with E-state index in [0.717, 1.165) is 31.9 Å². The van der Waals surface area contributed by atoms with Crippen LogP contribution in [0, 0.1) is 5.92 Å². The zero-order chi connectivity index (χ0) is 14.5. The van der Waals surface area contributed by atoms with Gasteiger partial charge in [0.2, 0.25) is 5.91 Å². The van der Waals surface area contributed by atoms with Gasteiger partial charge in [0, 0.05) is 31.2 Å². The molecule has 19 heavy (non-hydrogen) atoms. The minimum absolute atomic E-state index is 0.174. The Bertz CT molecular complexity index is 230. The van der Waals surface area contributed by atoms with Gasteiger partial charge in [0.1, 0.15) is 0 Å². The van der Waals surface area contributed by atoms with Crippen LogP contribution in [-0.4, -0.2) is 59.7 Å². The summed E-state index contributed by atoms with van der Waals surface area (Å²) in [5, 5.41) is 0. The molecule has 1 unspecified atom stereocenters. The zero-order valence-corrected chi connectivity index (χ0v) is 16.2. The Balaban J connectivity index is 3.21. The van der Waals surface area contributed by atoms with E-state index in [2.05, 4.69) is 52.1 Å². The molecule has 0 aliphatic heterocycles. The third kappa shape index (κ3) is 12.3. The molecule has 0 aliphatic rings.